The molecule has 2 heterocycles. The number of carbonyl (C=O) groups excluding carboxylic acids is 2. The smallest absolute Gasteiger partial charge is 0.251 e. The van der Waals surface area contributed by atoms with Crippen molar-refractivity contribution < 1.29 is 14.0 Å². The molecule has 1 atom stereocenters. The molecule has 2 aromatic carbocycles. The largest absolute Gasteiger partial charge is 0.296 e. The topological polar surface area (TPSA) is 43.9 Å². The third-order valence-electron chi connectivity index (χ3n) is 5.41. The Hall–Kier alpha value is -2.28. The van der Waals surface area contributed by atoms with Gasteiger partial charge in [0.25, 0.3) is 5.91 Å². The Morgan fingerprint density at radius 1 is 0.964 bits per heavy atom. The first-order valence-corrected chi connectivity index (χ1v) is 9.73. The summed E-state index contributed by atoms with van der Waals surface area (Å²) in [7, 11) is 0. The second kappa shape index (κ2) is 7.99. The molecule has 0 aromatic heterocycles. The highest BCUT2D eigenvalue weighted by Gasteiger charge is 2.43. The fourth-order valence-electron chi connectivity index (χ4n) is 3.86. The lowest BCUT2D eigenvalue weighted by atomic mass is 10.1. The summed E-state index contributed by atoms with van der Waals surface area (Å²) in [5.74, 6) is -0.856. The van der Waals surface area contributed by atoms with Gasteiger partial charge in [-0.05, 0) is 35.9 Å². The van der Waals surface area contributed by atoms with E-state index in [0.29, 0.717) is 18.8 Å². The van der Waals surface area contributed by atoms with Crippen LogP contribution in [0.5, 0.6) is 0 Å². The van der Waals surface area contributed by atoms with Crippen LogP contribution < -0.4 is 4.90 Å². The van der Waals surface area contributed by atoms with Gasteiger partial charge in [0.15, 0.2) is 0 Å². The molecule has 0 N–H and O–H groups in total. The van der Waals surface area contributed by atoms with Crippen LogP contribution in [0.25, 0.3) is 0 Å². The highest BCUT2D eigenvalue weighted by atomic mass is 35.5. The molecule has 0 unspecified atom stereocenters. The number of rotatable bonds is 4. The lowest BCUT2D eigenvalue weighted by molar-refractivity contribution is -0.123. The summed E-state index contributed by atoms with van der Waals surface area (Å²) < 4.78 is 13.1. The van der Waals surface area contributed by atoms with E-state index in [1.165, 1.54) is 29.2 Å². The van der Waals surface area contributed by atoms with Crippen molar-refractivity contribution in [3.63, 3.8) is 0 Å². The van der Waals surface area contributed by atoms with Gasteiger partial charge in [-0.25, -0.2) is 9.29 Å². The van der Waals surface area contributed by atoms with E-state index in [9.17, 15) is 14.0 Å². The molecule has 0 bridgehead atoms. The summed E-state index contributed by atoms with van der Waals surface area (Å²) in [4.78, 5) is 30.8. The summed E-state index contributed by atoms with van der Waals surface area (Å²) >= 11 is 6.25. The molecule has 2 saturated heterocycles. The summed E-state index contributed by atoms with van der Waals surface area (Å²) in [6, 6.07) is 12.8. The van der Waals surface area contributed by atoms with Crippen molar-refractivity contribution in [2.24, 2.45) is 0 Å². The maximum atomic E-state index is 13.1. The Morgan fingerprint density at radius 3 is 2.32 bits per heavy atom. The third kappa shape index (κ3) is 3.81. The van der Waals surface area contributed by atoms with E-state index < -0.39 is 11.9 Å². The van der Waals surface area contributed by atoms with E-state index in [2.05, 4.69) is 9.80 Å². The van der Waals surface area contributed by atoms with Gasteiger partial charge in [0.1, 0.15) is 5.82 Å². The Morgan fingerprint density at radius 2 is 1.64 bits per heavy atom. The molecule has 7 heteroatoms. The molecule has 2 fully saturated rings. The van der Waals surface area contributed by atoms with Crippen LogP contribution in [0.4, 0.5) is 10.1 Å². The van der Waals surface area contributed by atoms with Gasteiger partial charge in [-0.1, -0.05) is 29.8 Å². The fourth-order valence-corrected chi connectivity index (χ4v) is 4.06. The molecule has 2 aliphatic rings. The zero-order valence-corrected chi connectivity index (χ0v) is 16.1. The summed E-state index contributed by atoms with van der Waals surface area (Å²) in [5, 5.41) is 0.761. The van der Waals surface area contributed by atoms with Crippen LogP contribution in [0.2, 0.25) is 5.02 Å². The molecule has 28 heavy (non-hydrogen) atoms. The molecule has 0 saturated carbocycles. The predicted molar refractivity (Wildman–Crippen MR) is 106 cm³/mol. The van der Waals surface area contributed by atoms with E-state index in [1.54, 1.807) is 0 Å². The lowest BCUT2D eigenvalue weighted by Gasteiger charge is -2.37. The minimum Gasteiger partial charge on any atom is -0.296 e. The highest BCUT2D eigenvalue weighted by molar-refractivity contribution is 6.31. The zero-order valence-electron chi connectivity index (χ0n) is 15.4. The molecule has 146 valence electrons. The zero-order chi connectivity index (χ0) is 19.7. The van der Waals surface area contributed by atoms with Gasteiger partial charge in [-0.3, -0.25) is 19.4 Å². The maximum Gasteiger partial charge on any atom is 0.251 e. The average Bonchev–Trinajstić information content (AvgIpc) is 2.99. The van der Waals surface area contributed by atoms with E-state index in [4.69, 9.17) is 11.6 Å². The second-order valence-electron chi connectivity index (χ2n) is 7.17. The van der Waals surface area contributed by atoms with Crippen molar-refractivity contribution in [1.82, 2.24) is 9.80 Å². The molecule has 2 aromatic rings. The van der Waals surface area contributed by atoms with Gasteiger partial charge < -0.3 is 0 Å². The van der Waals surface area contributed by atoms with Crippen molar-refractivity contribution in [2.45, 2.75) is 19.0 Å². The van der Waals surface area contributed by atoms with E-state index >= 15 is 0 Å². The molecule has 2 aliphatic heterocycles. The Labute approximate surface area is 168 Å². The average molecular weight is 402 g/mol. The minimum atomic E-state index is -0.444. The van der Waals surface area contributed by atoms with Crippen LogP contribution >= 0.6 is 11.6 Å². The molecule has 0 spiro atoms. The molecule has 5 nitrogen and oxygen atoms in total. The maximum absolute atomic E-state index is 13.1. The first-order chi connectivity index (χ1) is 13.5. The number of piperazine rings is 1. The van der Waals surface area contributed by atoms with Gasteiger partial charge in [0, 0.05) is 37.7 Å². The molecule has 2 amide bonds. The Balaban J connectivity index is 1.38. The minimum absolute atomic E-state index is 0.167. The molecule has 0 aliphatic carbocycles. The van der Waals surface area contributed by atoms with Gasteiger partial charge in [0.05, 0.1) is 18.2 Å². The fraction of sp³-hybridized carbons (Fsp3) is 0.333. The number of halogens is 2. The SMILES string of the molecule is O=C1C[C@@H](N2CCN(Cc3ccccc3Cl)CC2)C(=O)N1c1ccc(F)cc1. The van der Waals surface area contributed by atoms with Crippen LogP contribution in [0.15, 0.2) is 48.5 Å². The summed E-state index contributed by atoms with van der Waals surface area (Å²) in [6.45, 7) is 3.81. The number of hydrogen-bond donors (Lipinski definition) is 0. The van der Waals surface area contributed by atoms with E-state index in [-0.39, 0.29) is 18.2 Å². The van der Waals surface area contributed by atoms with E-state index in [0.717, 1.165) is 30.2 Å². The summed E-state index contributed by atoms with van der Waals surface area (Å²) in [6.07, 6.45) is 0.167. The van der Waals surface area contributed by atoms with E-state index in [1.807, 2.05) is 24.3 Å². The number of amides is 2. The van der Waals surface area contributed by atoms with Gasteiger partial charge in [-0.15, -0.1) is 0 Å². The van der Waals surface area contributed by atoms with Gasteiger partial charge in [0.2, 0.25) is 5.91 Å². The van der Waals surface area contributed by atoms with Crippen molar-refractivity contribution in [1.29, 1.82) is 0 Å². The highest BCUT2D eigenvalue weighted by Crippen LogP contribution is 2.27. The lowest BCUT2D eigenvalue weighted by Crippen LogP contribution is -2.52. The van der Waals surface area contributed by atoms with Crippen molar-refractivity contribution >= 4 is 29.1 Å². The first kappa shape index (κ1) is 19.1. The molecule has 4 rings (SSSR count). The van der Waals surface area contributed by atoms with Gasteiger partial charge in [-0.2, -0.15) is 0 Å². The van der Waals surface area contributed by atoms with Crippen LogP contribution in [0, 0.1) is 5.82 Å². The quantitative estimate of drug-likeness (QED) is 0.739. The predicted octanol–water partition coefficient (Wildman–Crippen LogP) is 2.93. The number of benzene rings is 2. The molecular formula is C21H21ClFN3O2. The second-order valence-corrected chi connectivity index (χ2v) is 7.57. The van der Waals surface area contributed by atoms with Crippen LogP contribution in [0.1, 0.15) is 12.0 Å². The number of anilines is 1. The summed E-state index contributed by atoms with van der Waals surface area (Å²) in [5.41, 5.74) is 1.52. The first-order valence-electron chi connectivity index (χ1n) is 9.35. The molecule has 0 radical (unpaired) electrons. The standard InChI is InChI=1S/C21H21ClFN3O2/c22-18-4-2-1-3-15(18)14-24-9-11-25(12-10-24)19-13-20(27)26(21(19)28)17-7-5-16(23)6-8-17/h1-8,19H,9-14H2/t19-/m1/s1. The Kier molecular flexibility index (Phi) is 5.44. The normalized spacial score (nSPS) is 21.5. The number of hydrogen-bond acceptors (Lipinski definition) is 4. The van der Waals surface area contributed by atoms with Crippen molar-refractivity contribution in [3.8, 4) is 0 Å². The van der Waals surface area contributed by atoms with Crippen molar-refractivity contribution in [3.05, 3.63) is 64.9 Å². The molecular weight excluding hydrogens is 381 g/mol. The number of nitrogens with zero attached hydrogens (tertiary/aromatic N) is 3. The van der Waals surface area contributed by atoms with Crippen molar-refractivity contribution in [2.75, 3.05) is 31.1 Å². The number of imide groups is 1. The van der Waals surface area contributed by atoms with Crippen LogP contribution in [-0.2, 0) is 16.1 Å². The monoisotopic (exact) mass is 401 g/mol. The van der Waals surface area contributed by atoms with Crippen LogP contribution in [0.3, 0.4) is 0 Å². The third-order valence-corrected chi connectivity index (χ3v) is 5.78. The van der Waals surface area contributed by atoms with Crippen LogP contribution in [-0.4, -0.2) is 53.8 Å². The van der Waals surface area contributed by atoms with Gasteiger partial charge >= 0.3 is 0 Å². The number of carbonyl (C=O) groups is 2. The Bertz CT molecular complexity index is 881.